The van der Waals surface area contributed by atoms with Crippen LogP contribution in [0, 0.1) is 6.92 Å². The Kier molecular flexibility index (Phi) is 5.15. The summed E-state index contributed by atoms with van der Waals surface area (Å²) in [6.07, 6.45) is 2.99. The Morgan fingerprint density at radius 1 is 1.69 bits per heavy atom. The van der Waals surface area contributed by atoms with E-state index in [0.29, 0.717) is 10.6 Å². The van der Waals surface area contributed by atoms with Crippen LogP contribution in [0.3, 0.4) is 0 Å². The van der Waals surface area contributed by atoms with Crippen LogP contribution in [0.1, 0.15) is 27.9 Å². The molecular formula is C11H18N2OS2. The van der Waals surface area contributed by atoms with Crippen LogP contribution >= 0.6 is 23.1 Å². The predicted octanol–water partition coefficient (Wildman–Crippen LogP) is 2.51. The normalized spacial score (nSPS) is 12.4. The van der Waals surface area contributed by atoms with Crippen molar-refractivity contribution in [2.24, 2.45) is 0 Å². The van der Waals surface area contributed by atoms with E-state index < -0.39 is 0 Å². The third-order valence-corrected chi connectivity index (χ3v) is 4.18. The van der Waals surface area contributed by atoms with Gasteiger partial charge in [0.2, 0.25) is 0 Å². The fraction of sp³-hybridized carbons (Fsp3) is 0.545. The lowest BCUT2D eigenvalue weighted by Gasteiger charge is -2.14. The number of thioether (sulfide) groups is 1. The molecule has 3 N–H and O–H groups in total. The van der Waals surface area contributed by atoms with Gasteiger partial charge in [0.05, 0.1) is 4.88 Å². The Balaban J connectivity index is 2.64. The summed E-state index contributed by atoms with van der Waals surface area (Å²) in [6.45, 7) is 4.01. The van der Waals surface area contributed by atoms with Gasteiger partial charge in [-0.05, 0) is 25.7 Å². The molecule has 0 bridgehead atoms. The number of amides is 1. The van der Waals surface area contributed by atoms with Gasteiger partial charge in [-0.1, -0.05) is 6.92 Å². The van der Waals surface area contributed by atoms with Gasteiger partial charge in [-0.2, -0.15) is 11.8 Å². The second kappa shape index (κ2) is 6.15. The van der Waals surface area contributed by atoms with E-state index in [1.807, 2.05) is 13.2 Å². The molecule has 0 fully saturated rings. The van der Waals surface area contributed by atoms with E-state index in [0.717, 1.165) is 17.1 Å². The van der Waals surface area contributed by atoms with Gasteiger partial charge >= 0.3 is 0 Å². The van der Waals surface area contributed by atoms with Crippen molar-refractivity contribution in [3.8, 4) is 0 Å². The van der Waals surface area contributed by atoms with Crippen molar-refractivity contribution < 1.29 is 4.79 Å². The van der Waals surface area contributed by atoms with E-state index in [2.05, 4.69) is 12.2 Å². The first-order valence-corrected chi connectivity index (χ1v) is 7.45. The molecule has 1 aromatic heterocycles. The SMILES string of the molecule is CCC(CSC)NC(=O)c1cc(N)c(C)s1. The predicted molar refractivity (Wildman–Crippen MR) is 73.4 cm³/mol. The molecule has 0 aromatic carbocycles. The number of nitrogen functional groups attached to an aromatic ring is 1. The molecule has 0 aliphatic rings. The standard InChI is InChI=1S/C11H18N2OS2/c1-4-8(6-15-3)13-11(14)10-5-9(12)7(2)16-10/h5,8H,4,6,12H2,1-3H3,(H,13,14). The Morgan fingerprint density at radius 2 is 2.38 bits per heavy atom. The summed E-state index contributed by atoms with van der Waals surface area (Å²) in [6, 6.07) is 1.99. The lowest BCUT2D eigenvalue weighted by molar-refractivity contribution is 0.0944. The van der Waals surface area contributed by atoms with Crippen LogP contribution in [0.4, 0.5) is 5.69 Å². The molecule has 16 heavy (non-hydrogen) atoms. The van der Waals surface area contributed by atoms with E-state index in [1.54, 1.807) is 17.8 Å². The third kappa shape index (κ3) is 3.42. The summed E-state index contributed by atoms with van der Waals surface area (Å²) in [5, 5.41) is 3.02. The number of anilines is 1. The van der Waals surface area contributed by atoms with Crippen molar-refractivity contribution in [1.82, 2.24) is 5.32 Å². The third-order valence-electron chi connectivity index (χ3n) is 2.38. The molecule has 5 heteroatoms. The Bertz CT molecular complexity index is 343. The number of nitrogens with one attached hydrogen (secondary N) is 1. The van der Waals surface area contributed by atoms with Crippen molar-refractivity contribution in [1.29, 1.82) is 0 Å². The second-order valence-electron chi connectivity index (χ2n) is 3.66. The molecule has 1 aromatic rings. The van der Waals surface area contributed by atoms with E-state index in [9.17, 15) is 4.79 Å². The van der Waals surface area contributed by atoms with Gasteiger partial charge in [-0.25, -0.2) is 0 Å². The molecule has 0 aliphatic carbocycles. The summed E-state index contributed by atoms with van der Waals surface area (Å²) in [4.78, 5) is 13.6. The van der Waals surface area contributed by atoms with E-state index in [4.69, 9.17) is 5.73 Å². The van der Waals surface area contributed by atoms with Crippen molar-refractivity contribution >= 4 is 34.7 Å². The highest BCUT2D eigenvalue weighted by Crippen LogP contribution is 2.23. The molecule has 0 saturated carbocycles. The lowest BCUT2D eigenvalue weighted by atomic mass is 10.2. The first-order valence-electron chi connectivity index (χ1n) is 5.24. The number of hydrogen-bond donors (Lipinski definition) is 2. The Morgan fingerprint density at radius 3 is 2.81 bits per heavy atom. The molecular weight excluding hydrogens is 240 g/mol. The zero-order valence-electron chi connectivity index (χ0n) is 9.87. The van der Waals surface area contributed by atoms with Crippen LogP contribution in [0.2, 0.25) is 0 Å². The highest BCUT2D eigenvalue weighted by molar-refractivity contribution is 7.98. The number of rotatable bonds is 5. The largest absolute Gasteiger partial charge is 0.398 e. The van der Waals surface area contributed by atoms with Crippen LogP contribution in [-0.4, -0.2) is 24.0 Å². The van der Waals surface area contributed by atoms with Gasteiger partial charge in [0.1, 0.15) is 0 Å². The van der Waals surface area contributed by atoms with Gasteiger partial charge < -0.3 is 11.1 Å². The molecule has 0 radical (unpaired) electrons. The van der Waals surface area contributed by atoms with Crippen LogP contribution < -0.4 is 11.1 Å². The van der Waals surface area contributed by atoms with Crippen LogP contribution in [0.15, 0.2) is 6.07 Å². The van der Waals surface area contributed by atoms with Gasteiger partial charge in [0.25, 0.3) is 5.91 Å². The topological polar surface area (TPSA) is 55.1 Å². The molecule has 0 saturated heterocycles. The lowest BCUT2D eigenvalue weighted by Crippen LogP contribution is -2.35. The maximum Gasteiger partial charge on any atom is 0.261 e. The zero-order chi connectivity index (χ0) is 12.1. The quantitative estimate of drug-likeness (QED) is 0.853. The number of carbonyl (C=O) groups is 1. The summed E-state index contributed by atoms with van der Waals surface area (Å²) in [5.74, 6) is 0.938. The molecule has 90 valence electrons. The summed E-state index contributed by atoms with van der Waals surface area (Å²) >= 11 is 3.19. The number of thiophene rings is 1. The van der Waals surface area contributed by atoms with Crippen molar-refractivity contribution in [2.45, 2.75) is 26.3 Å². The van der Waals surface area contributed by atoms with Crippen molar-refractivity contribution in [2.75, 3.05) is 17.7 Å². The summed E-state index contributed by atoms with van der Waals surface area (Å²) in [5.41, 5.74) is 6.43. The minimum absolute atomic E-state index is 0.00861. The van der Waals surface area contributed by atoms with Crippen molar-refractivity contribution in [3.63, 3.8) is 0 Å². The van der Waals surface area contributed by atoms with Crippen molar-refractivity contribution in [3.05, 3.63) is 15.8 Å². The van der Waals surface area contributed by atoms with Gasteiger partial charge in [0, 0.05) is 22.4 Å². The minimum atomic E-state index is -0.00861. The fourth-order valence-electron chi connectivity index (χ4n) is 1.33. The maximum absolute atomic E-state index is 11.9. The number of aryl methyl sites for hydroxylation is 1. The highest BCUT2D eigenvalue weighted by Gasteiger charge is 2.14. The smallest absolute Gasteiger partial charge is 0.261 e. The molecule has 1 rings (SSSR count). The molecule has 0 spiro atoms. The van der Waals surface area contributed by atoms with Gasteiger partial charge in [0.15, 0.2) is 0 Å². The van der Waals surface area contributed by atoms with Crippen LogP contribution in [0.25, 0.3) is 0 Å². The van der Waals surface area contributed by atoms with Crippen LogP contribution in [0.5, 0.6) is 0 Å². The first-order chi connectivity index (χ1) is 7.58. The number of nitrogens with two attached hydrogens (primary N) is 1. The highest BCUT2D eigenvalue weighted by atomic mass is 32.2. The molecule has 3 nitrogen and oxygen atoms in total. The maximum atomic E-state index is 11.9. The fourth-order valence-corrected chi connectivity index (χ4v) is 2.89. The van der Waals surface area contributed by atoms with E-state index >= 15 is 0 Å². The second-order valence-corrected chi connectivity index (χ2v) is 5.82. The monoisotopic (exact) mass is 258 g/mol. The first kappa shape index (κ1) is 13.4. The average molecular weight is 258 g/mol. The number of hydrogen-bond acceptors (Lipinski definition) is 4. The Labute approximate surface area is 105 Å². The Hall–Kier alpha value is -0.680. The zero-order valence-corrected chi connectivity index (χ0v) is 11.5. The molecule has 1 unspecified atom stereocenters. The van der Waals surface area contributed by atoms with E-state index in [1.165, 1.54) is 11.3 Å². The van der Waals surface area contributed by atoms with Crippen LogP contribution in [-0.2, 0) is 0 Å². The molecule has 1 heterocycles. The van der Waals surface area contributed by atoms with E-state index in [-0.39, 0.29) is 11.9 Å². The van der Waals surface area contributed by atoms with Gasteiger partial charge in [-0.3, -0.25) is 4.79 Å². The molecule has 1 amide bonds. The summed E-state index contributed by atoms with van der Waals surface area (Å²) in [7, 11) is 0. The molecule has 1 atom stereocenters. The number of carbonyl (C=O) groups excluding carboxylic acids is 1. The average Bonchev–Trinajstić information content (AvgIpc) is 2.58. The summed E-state index contributed by atoms with van der Waals surface area (Å²) < 4.78 is 0. The molecule has 0 aliphatic heterocycles. The minimum Gasteiger partial charge on any atom is -0.398 e. The van der Waals surface area contributed by atoms with Gasteiger partial charge in [-0.15, -0.1) is 11.3 Å².